The van der Waals surface area contributed by atoms with Gasteiger partial charge in [0.1, 0.15) is 0 Å². The summed E-state index contributed by atoms with van der Waals surface area (Å²) in [5.74, 6) is 0.941. The Hall–Kier alpha value is -0.570. The number of piperidine rings is 1. The second kappa shape index (κ2) is 12.7. The number of carbonyl (C=O) groups excluding carboxylic acids is 1. The van der Waals surface area contributed by atoms with Gasteiger partial charge >= 0.3 is 0 Å². The second-order valence-electron chi connectivity index (χ2n) is 7.11. The van der Waals surface area contributed by atoms with E-state index in [-0.39, 0.29) is 35.8 Å². The van der Waals surface area contributed by atoms with Gasteiger partial charge in [0, 0.05) is 25.0 Å². The SMILES string of the molecule is CCNC(=NCCCCN1CCC(C(N)=O)CC1)NC1CCCC1.I. The Labute approximate surface area is 169 Å². The number of carbonyl (C=O) groups is 1. The van der Waals surface area contributed by atoms with Gasteiger partial charge in [0.15, 0.2) is 5.96 Å². The molecule has 1 amide bonds. The number of nitrogens with zero attached hydrogens (tertiary/aromatic N) is 2. The summed E-state index contributed by atoms with van der Waals surface area (Å²) in [7, 11) is 0. The number of nitrogens with one attached hydrogen (secondary N) is 2. The van der Waals surface area contributed by atoms with Crippen molar-refractivity contribution in [3.8, 4) is 0 Å². The van der Waals surface area contributed by atoms with Crippen molar-refractivity contribution in [1.82, 2.24) is 15.5 Å². The maximum atomic E-state index is 11.2. The Kier molecular flexibility index (Phi) is 11.4. The Balaban J connectivity index is 0.00000312. The topological polar surface area (TPSA) is 82.8 Å². The van der Waals surface area contributed by atoms with Gasteiger partial charge in [0.25, 0.3) is 0 Å². The molecule has 0 aromatic rings. The summed E-state index contributed by atoms with van der Waals surface area (Å²) in [5.41, 5.74) is 5.38. The standard InChI is InChI=1S/C18H35N5O.HI/c1-2-20-18(22-16-7-3-4-8-16)21-11-5-6-12-23-13-9-15(10-14-23)17(19)24;/h15-16H,2-14H2,1H3,(H2,19,24)(H2,20,21,22);1H. The van der Waals surface area contributed by atoms with Crippen LogP contribution in [0.5, 0.6) is 0 Å². The highest BCUT2D eigenvalue weighted by Crippen LogP contribution is 2.18. The third kappa shape index (κ3) is 8.57. The second-order valence-corrected chi connectivity index (χ2v) is 7.11. The largest absolute Gasteiger partial charge is 0.369 e. The number of amides is 1. The van der Waals surface area contributed by atoms with Crippen LogP contribution in [0.1, 0.15) is 58.3 Å². The smallest absolute Gasteiger partial charge is 0.220 e. The van der Waals surface area contributed by atoms with Crippen molar-refractivity contribution in [1.29, 1.82) is 0 Å². The number of aliphatic imine (C=N–C) groups is 1. The number of halogens is 1. The summed E-state index contributed by atoms with van der Waals surface area (Å²) in [6.45, 7) is 7.01. The fourth-order valence-electron chi connectivity index (χ4n) is 3.66. The Morgan fingerprint density at radius 1 is 1.16 bits per heavy atom. The van der Waals surface area contributed by atoms with Crippen LogP contribution in [-0.2, 0) is 4.79 Å². The van der Waals surface area contributed by atoms with E-state index >= 15 is 0 Å². The highest BCUT2D eigenvalue weighted by molar-refractivity contribution is 14.0. The van der Waals surface area contributed by atoms with E-state index < -0.39 is 0 Å². The van der Waals surface area contributed by atoms with Crippen molar-refractivity contribution in [2.45, 2.75) is 64.3 Å². The van der Waals surface area contributed by atoms with Gasteiger partial charge in [-0.3, -0.25) is 9.79 Å². The van der Waals surface area contributed by atoms with Gasteiger partial charge in [-0.05, 0) is 65.1 Å². The summed E-state index contributed by atoms with van der Waals surface area (Å²) in [4.78, 5) is 18.3. The van der Waals surface area contributed by atoms with Crippen LogP contribution in [0.25, 0.3) is 0 Å². The van der Waals surface area contributed by atoms with Gasteiger partial charge < -0.3 is 21.3 Å². The number of nitrogens with two attached hydrogens (primary N) is 1. The normalized spacial score (nSPS) is 20.3. The van der Waals surface area contributed by atoms with Gasteiger partial charge in [-0.15, -0.1) is 24.0 Å². The first-order valence-corrected chi connectivity index (χ1v) is 9.75. The van der Waals surface area contributed by atoms with E-state index in [1.54, 1.807) is 0 Å². The molecule has 7 heteroatoms. The molecule has 1 heterocycles. The number of rotatable bonds is 8. The molecule has 2 rings (SSSR count). The van der Waals surface area contributed by atoms with Gasteiger partial charge in [-0.25, -0.2) is 0 Å². The minimum Gasteiger partial charge on any atom is -0.369 e. The molecule has 2 fully saturated rings. The third-order valence-electron chi connectivity index (χ3n) is 5.18. The molecule has 2 aliphatic rings. The van der Waals surface area contributed by atoms with Crippen molar-refractivity contribution in [2.75, 3.05) is 32.7 Å². The lowest BCUT2D eigenvalue weighted by atomic mass is 9.96. The van der Waals surface area contributed by atoms with Crippen molar-refractivity contribution in [3.63, 3.8) is 0 Å². The van der Waals surface area contributed by atoms with Gasteiger partial charge in [0.2, 0.25) is 5.91 Å². The summed E-state index contributed by atoms with van der Waals surface area (Å²) in [6.07, 6.45) is 9.32. The molecule has 1 saturated carbocycles. The molecule has 0 spiro atoms. The summed E-state index contributed by atoms with van der Waals surface area (Å²) in [6, 6.07) is 0.606. The van der Waals surface area contributed by atoms with Crippen molar-refractivity contribution >= 4 is 35.8 Å². The monoisotopic (exact) mass is 465 g/mol. The first-order chi connectivity index (χ1) is 11.7. The third-order valence-corrected chi connectivity index (χ3v) is 5.18. The molecule has 0 radical (unpaired) electrons. The molecular formula is C18H36IN5O. The molecule has 0 unspecified atom stereocenters. The molecular weight excluding hydrogens is 429 g/mol. The quantitative estimate of drug-likeness (QED) is 0.222. The van der Waals surface area contributed by atoms with Gasteiger partial charge in [-0.2, -0.15) is 0 Å². The molecule has 0 atom stereocenters. The molecule has 146 valence electrons. The first kappa shape index (κ1) is 22.5. The highest BCUT2D eigenvalue weighted by atomic mass is 127. The van der Waals surface area contributed by atoms with Crippen LogP contribution in [-0.4, -0.2) is 55.5 Å². The zero-order valence-electron chi connectivity index (χ0n) is 15.6. The minimum atomic E-state index is -0.130. The fraction of sp³-hybridized carbons (Fsp3) is 0.889. The maximum absolute atomic E-state index is 11.2. The van der Waals surface area contributed by atoms with Crippen molar-refractivity contribution in [2.24, 2.45) is 16.6 Å². The summed E-state index contributed by atoms with van der Waals surface area (Å²) in [5, 5.41) is 6.91. The average Bonchev–Trinajstić information content (AvgIpc) is 3.08. The van der Waals surface area contributed by atoms with Crippen LogP contribution in [0.4, 0.5) is 0 Å². The Morgan fingerprint density at radius 2 is 1.84 bits per heavy atom. The number of primary amides is 1. The van der Waals surface area contributed by atoms with Crippen LogP contribution < -0.4 is 16.4 Å². The van der Waals surface area contributed by atoms with Crippen LogP contribution >= 0.6 is 24.0 Å². The molecule has 6 nitrogen and oxygen atoms in total. The number of guanidine groups is 1. The molecule has 0 aromatic heterocycles. The van der Waals surface area contributed by atoms with Crippen LogP contribution in [0.3, 0.4) is 0 Å². The maximum Gasteiger partial charge on any atom is 0.220 e. The van der Waals surface area contributed by atoms with E-state index in [2.05, 4.69) is 22.5 Å². The van der Waals surface area contributed by atoms with Crippen molar-refractivity contribution in [3.05, 3.63) is 0 Å². The van der Waals surface area contributed by atoms with E-state index in [1.165, 1.54) is 25.7 Å². The number of unbranched alkanes of at least 4 members (excludes halogenated alkanes) is 1. The minimum absolute atomic E-state index is 0. The molecule has 1 aliphatic carbocycles. The Morgan fingerprint density at radius 3 is 2.44 bits per heavy atom. The highest BCUT2D eigenvalue weighted by Gasteiger charge is 2.22. The first-order valence-electron chi connectivity index (χ1n) is 9.75. The lowest BCUT2D eigenvalue weighted by Crippen LogP contribution is -2.42. The summed E-state index contributed by atoms with van der Waals surface area (Å²) < 4.78 is 0. The van der Waals surface area contributed by atoms with Crippen LogP contribution in [0.15, 0.2) is 4.99 Å². The number of hydrogen-bond acceptors (Lipinski definition) is 3. The molecule has 25 heavy (non-hydrogen) atoms. The predicted octanol–water partition coefficient (Wildman–Crippen LogP) is 2.08. The van der Waals surface area contributed by atoms with E-state index in [0.717, 1.165) is 64.4 Å². The van der Waals surface area contributed by atoms with Crippen molar-refractivity contribution < 1.29 is 4.79 Å². The number of likely N-dealkylation sites (tertiary alicyclic amines) is 1. The Bertz CT molecular complexity index is 404. The van der Waals surface area contributed by atoms with Crippen LogP contribution in [0.2, 0.25) is 0 Å². The summed E-state index contributed by atoms with van der Waals surface area (Å²) >= 11 is 0. The van der Waals surface area contributed by atoms with Crippen LogP contribution in [0, 0.1) is 5.92 Å². The fourth-order valence-corrected chi connectivity index (χ4v) is 3.66. The molecule has 0 bridgehead atoms. The van der Waals surface area contributed by atoms with E-state index in [9.17, 15) is 4.79 Å². The zero-order chi connectivity index (χ0) is 17.2. The molecule has 1 aliphatic heterocycles. The van der Waals surface area contributed by atoms with Gasteiger partial charge in [-0.1, -0.05) is 12.8 Å². The van der Waals surface area contributed by atoms with E-state index in [1.807, 2.05) is 0 Å². The molecule has 4 N–H and O–H groups in total. The lowest BCUT2D eigenvalue weighted by molar-refractivity contribution is -0.123. The predicted molar refractivity (Wildman–Crippen MR) is 114 cm³/mol. The zero-order valence-corrected chi connectivity index (χ0v) is 18.0. The number of hydrogen-bond donors (Lipinski definition) is 3. The lowest BCUT2D eigenvalue weighted by Gasteiger charge is -2.30. The van der Waals surface area contributed by atoms with Gasteiger partial charge in [0.05, 0.1) is 0 Å². The van der Waals surface area contributed by atoms with E-state index in [4.69, 9.17) is 10.7 Å². The molecule has 0 aromatic carbocycles. The van der Waals surface area contributed by atoms with E-state index in [0.29, 0.717) is 6.04 Å². The average molecular weight is 465 g/mol. The molecule has 1 saturated heterocycles.